The summed E-state index contributed by atoms with van der Waals surface area (Å²) in [6, 6.07) is 7.08. The zero-order chi connectivity index (χ0) is 18.9. The van der Waals surface area contributed by atoms with Crippen LogP contribution >= 0.6 is 0 Å². The van der Waals surface area contributed by atoms with Crippen LogP contribution < -0.4 is 5.32 Å². The molecule has 136 valence electrons. The molecule has 0 aliphatic carbocycles. The van der Waals surface area contributed by atoms with Gasteiger partial charge in [-0.25, -0.2) is 21.9 Å². The van der Waals surface area contributed by atoms with Crippen molar-refractivity contribution in [2.45, 2.75) is 23.4 Å². The van der Waals surface area contributed by atoms with Crippen LogP contribution in [0, 0.1) is 18.6 Å². The second-order valence-corrected chi connectivity index (χ2v) is 7.55. The number of rotatable bonds is 5. The number of nitrogens with zero attached hydrogens (tertiary/aromatic N) is 3. The van der Waals surface area contributed by atoms with Crippen LogP contribution in [0.4, 0.5) is 8.78 Å². The summed E-state index contributed by atoms with van der Waals surface area (Å²) >= 11 is 0. The smallest absolute Gasteiger partial charge is 0.225 e. The van der Waals surface area contributed by atoms with Gasteiger partial charge < -0.3 is 5.32 Å². The number of pyridine rings is 1. The minimum absolute atomic E-state index is 0.0583. The van der Waals surface area contributed by atoms with Gasteiger partial charge in [-0.1, -0.05) is 0 Å². The predicted molar refractivity (Wildman–Crippen MR) is 90.7 cm³/mol. The van der Waals surface area contributed by atoms with Crippen LogP contribution in [-0.4, -0.2) is 30.2 Å². The highest BCUT2D eigenvalue weighted by Crippen LogP contribution is 2.26. The second kappa shape index (κ2) is 6.93. The van der Waals surface area contributed by atoms with Crippen molar-refractivity contribution in [3.8, 4) is 5.69 Å². The Morgan fingerprint density at radius 1 is 1.15 bits per heavy atom. The first-order chi connectivity index (χ1) is 12.3. The molecule has 0 amide bonds. The Hall–Kier alpha value is -2.65. The summed E-state index contributed by atoms with van der Waals surface area (Å²) in [5.41, 5.74) is 0.741. The molecule has 3 rings (SSSR count). The van der Waals surface area contributed by atoms with Gasteiger partial charge in [-0.2, -0.15) is 5.10 Å². The molecule has 2 heterocycles. The molecule has 0 saturated heterocycles. The van der Waals surface area contributed by atoms with Crippen LogP contribution in [0.25, 0.3) is 5.69 Å². The number of nitrogens with one attached hydrogen (secondary N) is 1. The van der Waals surface area contributed by atoms with Crippen molar-refractivity contribution in [1.82, 2.24) is 20.1 Å². The first-order valence-electron chi connectivity index (χ1n) is 7.69. The van der Waals surface area contributed by atoms with Crippen LogP contribution in [0.3, 0.4) is 0 Å². The highest BCUT2D eigenvalue weighted by molar-refractivity contribution is 7.91. The molecule has 2 aromatic heterocycles. The molecule has 1 aromatic carbocycles. The first-order valence-corrected chi connectivity index (χ1v) is 9.18. The molecule has 26 heavy (non-hydrogen) atoms. The summed E-state index contributed by atoms with van der Waals surface area (Å²) in [5, 5.41) is 6.71. The van der Waals surface area contributed by atoms with E-state index >= 15 is 0 Å². The summed E-state index contributed by atoms with van der Waals surface area (Å²) in [4.78, 5) is 3.93. The summed E-state index contributed by atoms with van der Waals surface area (Å²) in [6.07, 6.45) is 1.22. The molecular formula is C17H16F2N4O2S. The van der Waals surface area contributed by atoms with Crippen LogP contribution in [0.15, 0.2) is 52.5 Å². The van der Waals surface area contributed by atoms with E-state index in [9.17, 15) is 17.2 Å². The van der Waals surface area contributed by atoms with E-state index in [0.29, 0.717) is 11.4 Å². The summed E-state index contributed by atoms with van der Waals surface area (Å²) in [5.74, 6) is -1.49. The molecule has 3 aromatic rings. The van der Waals surface area contributed by atoms with Crippen molar-refractivity contribution in [3.63, 3.8) is 0 Å². The number of aryl methyl sites for hydroxylation is 1. The van der Waals surface area contributed by atoms with Crippen molar-refractivity contribution in [3.05, 3.63) is 65.6 Å². The molecule has 1 N–H and O–H groups in total. The molecule has 9 heteroatoms. The molecule has 0 spiro atoms. The van der Waals surface area contributed by atoms with Gasteiger partial charge in [-0.15, -0.1) is 0 Å². The third kappa shape index (κ3) is 3.35. The molecule has 0 bridgehead atoms. The maximum absolute atomic E-state index is 14.2. The quantitative estimate of drug-likeness (QED) is 0.738. The fourth-order valence-electron chi connectivity index (χ4n) is 2.42. The van der Waals surface area contributed by atoms with Gasteiger partial charge >= 0.3 is 0 Å². The number of hydrogen-bond acceptors (Lipinski definition) is 5. The third-order valence-corrected chi connectivity index (χ3v) is 5.39. The summed E-state index contributed by atoms with van der Waals surface area (Å²) in [7, 11) is -2.37. The van der Waals surface area contributed by atoms with Crippen molar-refractivity contribution < 1.29 is 17.2 Å². The van der Waals surface area contributed by atoms with Gasteiger partial charge in [-0.05, 0) is 38.2 Å². The van der Waals surface area contributed by atoms with E-state index in [2.05, 4.69) is 15.4 Å². The highest BCUT2D eigenvalue weighted by Gasteiger charge is 2.26. The van der Waals surface area contributed by atoms with Gasteiger partial charge in [0.15, 0.2) is 5.03 Å². The van der Waals surface area contributed by atoms with Gasteiger partial charge in [0.2, 0.25) is 9.84 Å². The van der Waals surface area contributed by atoms with Crippen molar-refractivity contribution in [2.24, 2.45) is 0 Å². The van der Waals surface area contributed by atoms with Gasteiger partial charge in [0.25, 0.3) is 0 Å². The van der Waals surface area contributed by atoms with E-state index in [-0.39, 0.29) is 22.2 Å². The normalized spacial score (nSPS) is 11.7. The zero-order valence-electron chi connectivity index (χ0n) is 14.1. The van der Waals surface area contributed by atoms with Gasteiger partial charge in [0.05, 0.1) is 10.6 Å². The van der Waals surface area contributed by atoms with Gasteiger partial charge in [0.1, 0.15) is 17.3 Å². The minimum Gasteiger partial charge on any atom is -0.314 e. The molecule has 0 atom stereocenters. The Morgan fingerprint density at radius 2 is 1.92 bits per heavy atom. The Labute approximate surface area is 149 Å². The number of benzene rings is 1. The lowest BCUT2D eigenvalue weighted by atomic mass is 10.3. The van der Waals surface area contributed by atoms with Crippen molar-refractivity contribution >= 4 is 9.84 Å². The molecule has 6 nitrogen and oxygen atoms in total. The van der Waals surface area contributed by atoms with Crippen molar-refractivity contribution in [1.29, 1.82) is 0 Å². The SMILES string of the molecule is CNCc1cc(S(=O)(=O)c2ccc(C)nc2)n(-c2cc(F)ccc2F)n1. The molecule has 0 aliphatic rings. The molecule has 0 fully saturated rings. The van der Waals surface area contributed by atoms with E-state index in [1.807, 2.05) is 0 Å². The fourth-order valence-corrected chi connectivity index (χ4v) is 3.76. The van der Waals surface area contributed by atoms with Crippen LogP contribution in [0.2, 0.25) is 0 Å². The van der Waals surface area contributed by atoms with E-state index in [1.165, 1.54) is 18.3 Å². The fraction of sp³-hybridized carbons (Fsp3) is 0.176. The standard InChI is InChI=1S/C17H16F2N4O2S/c1-11-3-5-14(10-21-11)26(24,25)17-8-13(9-20-2)22-23(17)16-7-12(18)4-6-15(16)19/h3-8,10,20H,9H2,1-2H3. The van der Waals surface area contributed by atoms with Crippen LogP contribution in [0.1, 0.15) is 11.4 Å². The van der Waals surface area contributed by atoms with E-state index < -0.39 is 21.5 Å². The Kier molecular flexibility index (Phi) is 4.84. The van der Waals surface area contributed by atoms with E-state index in [4.69, 9.17) is 0 Å². The minimum atomic E-state index is -4.04. The number of sulfone groups is 1. The third-order valence-electron chi connectivity index (χ3n) is 3.69. The maximum Gasteiger partial charge on any atom is 0.225 e. The number of aromatic nitrogens is 3. The lowest BCUT2D eigenvalue weighted by Gasteiger charge is -2.09. The average Bonchev–Trinajstić information content (AvgIpc) is 3.02. The summed E-state index contributed by atoms with van der Waals surface area (Å²) < 4.78 is 54.8. The number of halogens is 2. The largest absolute Gasteiger partial charge is 0.314 e. The molecule has 0 saturated carbocycles. The lowest BCUT2D eigenvalue weighted by molar-refractivity contribution is 0.566. The van der Waals surface area contributed by atoms with Gasteiger partial charge in [-0.3, -0.25) is 4.98 Å². The molecular weight excluding hydrogens is 362 g/mol. The Bertz CT molecular complexity index is 1050. The topological polar surface area (TPSA) is 76.9 Å². The van der Waals surface area contributed by atoms with Crippen LogP contribution in [0.5, 0.6) is 0 Å². The zero-order valence-corrected chi connectivity index (χ0v) is 14.9. The predicted octanol–water partition coefficient (Wildman–Crippen LogP) is 2.41. The molecule has 0 aliphatic heterocycles. The molecule has 0 radical (unpaired) electrons. The average molecular weight is 378 g/mol. The van der Waals surface area contributed by atoms with Crippen LogP contribution in [-0.2, 0) is 16.4 Å². The first kappa shape index (κ1) is 18.2. The maximum atomic E-state index is 14.2. The Balaban J connectivity index is 2.23. The molecule has 0 unspecified atom stereocenters. The monoisotopic (exact) mass is 378 g/mol. The Morgan fingerprint density at radius 3 is 2.58 bits per heavy atom. The van der Waals surface area contributed by atoms with Gasteiger partial charge in [0, 0.05) is 30.6 Å². The summed E-state index contributed by atoms with van der Waals surface area (Å²) in [6.45, 7) is 1.99. The van der Waals surface area contributed by atoms with Crippen molar-refractivity contribution in [2.75, 3.05) is 7.05 Å². The lowest BCUT2D eigenvalue weighted by Crippen LogP contribution is -2.12. The second-order valence-electron chi connectivity index (χ2n) is 5.65. The highest BCUT2D eigenvalue weighted by atomic mass is 32.2. The van der Waals surface area contributed by atoms with E-state index in [1.54, 1.807) is 20.0 Å². The number of hydrogen-bond donors (Lipinski definition) is 1. The van der Waals surface area contributed by atoms with E-state index in [0.717, 1.165) is 22.9 Å².